The number of halogens is 1. The summed E-state index contributed by atoms with van der Waals surface area (Å²) in [6.45, 7) is 6.49. The van der Waals surface area contributed by atoms with E-state index in [1.54, 1.807) is 13.8 Å². The molecule has 0 spiro atoms. The second kappa shape index (κ2) is 8.17. The van der Waals surface area contributed by atoms with E-state index in [0.29, 0.717) is 35.6 Å². The summed E-state index contributed by atoms with van der Waals surface area (Å²) in [6, 6.07) is 5.33. The zero-order chi connectivity index (χ0) is 21.3. The van der Waals surface area contributed by atoms with Gasteiger partial charge in [0.15, 0.2) is 5.78 Å². The number of carbonyl (C=O) groups excluding carboxylic acids is 2. The molecule has 0 aliphatic carbocycles. The molecule has 9 heteroatoms. The number of hydrogen-bond donors (Lipinski definition) is 2. The predicted molar refractivity (Wildman–Crippen MR) is 105 cm³/mol. The minimum atomic E-state index is -3.90. The fourth-order valence-electron chi connectivity index (χ4n) is 3.88. The number of nitrogens with one attached hydrogen (secondary N) is 2. The Morgan fingerprint density at radius 1 is 1.17 bits per heavy atom. The average Bonchev–Trinajstić information content (AvgIpc) is 2.97. The van der Waals surface area contributed by atoms with Gasteiger partial charge in [0.1, 0.15) is 17.3 Å². The van der Waals surface area contributed by atoms with Crippen LogP contribution in [0.3, 0.4) is 0 Å². The van der Waals surface area contributed by atoms with Gasteiger partial charge in [0.05, 0.1) is 31.9 Å². The molecule has 2 N–H and O–H groups in total. The molecular weight excluding hydrogens is 397 g/mol. The minimum absolute atomic E-state index is 0.0883. The first-order chi connectivity index (χ1) is 13.6. The second-order valence-electron chi connectivity index (χ2n) is 7.37. The van der Waals surface area contributed by atoms with E-state index < -0.39 is 15.8 Å². The first-order valence-electron chi connectivity index (χ1n) is 9.44. The molecule has 1 aliphatic heterocycles. The lowest BCUT2D eigenvalue weighted by Gasteiger charge is -2.31. The number of piperazine rings is 1. The summed E-state index contributed by atoms with van der Waals surface area (Å²) < 4.78 is 40.5. The molecule has 1 saturated heterocycles. The number of sulfonamides is 1. The third-order valence-corrected chi connectivity index (χ3v) is 7.29. The number of Topliss-reactive ketones (excluding diaryl/α,β-unsaturated/α-hetero) is 2. The summed E-state index contributed by atoms with van der Waals surface area (Å²) in [4.78, 5) is 28.1. The van der Waals surface area contributed by atoms with Crippen LogP contribution in [0, 0.1) is 19.7 Å². The molecule has 2 heterocycles. The Labute approximate surface area is 169 Å². The fourth-order valence-corrected chi connectivity index (χ4v) is 5.39. The third-order valence-electron chi connectivity index (χ3n) is 5.36. The van der Waals surface area contributed by atoms with Crippen LogP contribution in [-0.2, 0) is 10.0 Å². The van der Waals surface area contributed by atoms with E-state index in [2.05, 4.69) is 4.98 Å². The molecule has 29 heavy (non-hydrogen) atoms. The van der Waals surface area contributed by atoms with Crippen molar-refractivity contribution >= 4 is 21.6 Å². The number of benzene rings is 1. The zero-order valence-electron chi connectivity index (χ0n) is 16.7. The smallest absolute Gasteiger partial charge is 0.246 e. The van der Waals surface area contributed by atoms with Gasteiger partial charge < -0.3 is 9.88 Å². The van der Waals surface area contributed by atoms with Crippen molar-refractivity contribution in [3.63, 3.8) is 0 Å². The number of aromatic nitrogens is 1. The molecule has 1 fully saturated rings. The van der Waals surface area contributed by atoms with Crippen LogP contribution in [0.4, 0.5) is 4.39 Å². The van der Waals surface area contributed by atoms with E-state index in [-0.39, 0.29) is 36.1 Å². The molecule has 0 bridgehead atoms. The average molecular weight is 423 g/mol. The van der Waals surface area contributed by atoms with Crippen LogP contribution in [0.15, 0.2) is 29.2 Å². The van der Waals surface area contributed by atoms with Crippen molar-refractivity contribution in [3.8, 4) is 0 Å². The topological polar surface area (TPSA) is 91.8 Å². The second-order valence-corrected chi connectivity index (χ2v) is 9.27. The highest BCUT2D eigenvalue weighted by Crippen LogP contribution is 2.20. The number of quaternary nitrogens is 1. The van der Waals surface area contributed by atoms with Gasteiger partial charge >= 0.3 is 0 Å². The maximum atomic E-state index is 13.9. The molecule has 2 aromatic rings. The van der Waals surface area contributed by atoms with Crippen molar-refractivity contribution < 1.29 is 27.3 Å². The van der Waals surface area contributed by atoms with Gasteiger partial charge in [-0.15, -0.1) is 0 Å². The molecule has 0 unspecified atom stereocenters. The molecule has 1 aliphatic rings. The van der Waals surface area contributed by atoms with Gasteiger partial charge in [-0.3, -0.25) is 9.59 Å². The van der Waals surface area contributed by atoms with Gasteiger partial charge in [-0.05, 0) is 38.5 Å². The Morgan fingerprint density at radius 3 is 2.34 bits per heavy atom. The molecular formula is C20H25FN3O4S+. The standard InChI is InChI=1S/C20H24FN3O4S/c1-13-19(15(3)25)14(2)22-20(13)17(26)12-23-8-10-24(11-9-23)29(27,28)18-7-5-4-6-16(18)21/h4-7,22H,8-12H2,1-3H3/p+1. The largest absolute Gasteiger partial charge is 0.355 e. The van der Waals surface area contributed by atoms with Gasteiger partial charge in [0.25, 0.3) is 0 Å². The number of carbonyl (C=O) groups is 2. The van der Waals surface area contributed by atoms with Gasteiger partial charge in [0, 0.05) is 11.3 Å². The third kappa shape index (κ3) is 4.17. The summed E-state index contributed by atoms with van der Waals surface area (Å²) in [7, 11) is -3.90. The van der Waals surface area contributed by atoms with Crippen molar-refractivity contribution in [1.82, 2.24) is 9.29 Å². The molecule has 1 aromatic heterocycles. The number of rotatable bonds is 6. The molecule has 1 aromatic carbocycles. The first kappa shape index (κ1) is 21.4. The minimum Gasteiger partial charge on any atom is -0.355 e. The lowest BCUT2D eigenvalue weighted by atomic mass is 10.1. The van der Waals surface area contributed by atoms with Crippen molar-refractivity contribution in [2.75, 3.05) is 32.7 Å². The van der Waals surface area contributed by atoms with Gasteiger partial charge in [-0.25, -0.2) is 12.8 Å². The molecule has 0 amide bonds. The highest BCUT2D eigenvalue weighted by Gasteiger charge is 2.33. The monoisotopic (exact) mass is 422 g/mol. The number of nitrogens with zero attached hydrogens (tertiary/aromatic N) is 1. The number of hydrogen-bond acceptors (Lipinski definition) is 4. The van der Waals surface area contributed by atoms with E-state index in [1.807, 2.05) is 0 Å². The van der Waals surface area contributed by atoms with E-state index in [0.717, 1.165) is 11.0 Å². The number of aryl methyl sites for hydroxylation is 1. The summed E-state index contributed by atoms with van der Waals surface area (Å²) in [6.07, 6.45) is 0. The summed E-state index contributed by atoms with van der Waals surface area (Å²) in [5, 5.41) is 0. The quantitative estimate of drug-likeness (QED) is 0.672. The Balaban J connectivity index is 1.66. The van der Waals surface area contributed by atoms with E-state index >= 15 is 0 Å². The van der Waals surface area contributed by atoms with E-state index in [1.165, 1.54) is 29.4 Å². The van der Waals surface area contributed by atoms with Gasteiger partial charge in [-0.2, -0.15) is 4.31 Å². The summed E-state index contributed by atoms with van der Waals surface area (Å²) in [5.74, 6) is -0.968. The fraction of sp³-hybridized carbons (Fsp3) is 0.400. The molecule has 0 saturated carbocycles. The highest BCUT2D eigenvalue weighted by atomic mass is 32.2. The van der Waals surface area contributed by atoms with Crippen molar-refractivity contribution in [2.45, 2.75) is 25.7 Å². The van der Waals surface area contributed by atoms with Crippen LogP contribution in [0.25, 0.3) is 0 Å². The predicted octanol–water partition coefficient (Wildman–Crippen LogP) is 0.745. The maximum absolute atomic E-state index is 13.9. The lowest BCUT2D eigenvalue weighted by Crippen LogP contribution is -3.15. The van der Waals surface area contributed by atoms with Crippen LogP contribution in [0.5, 0.6) is 0 Å². The summed E-state index contributed by atoms with van der Waals surface area (Å²) in [5.41, 5.74) is 2.31. The van der Waals surface area contributed by atoms with Crippen LogP contribution < -0.4 is 4.90 Å². The van der Waals surface area contributed by atoms with Crippen LogP contribution in [-0.4, -0.2) is 62.0 Å². The highest BCUT2D eigenvalue weighted by molar-refractivity contribution is 7.89. The Morgan fingerprint density at radius 2 is 1.79 bits per heavy atom. The van der Waals surface area contributed by atoms with E-state index in [9.17, 15) is 22.4 Å². The Hall–Kier alpha value is -2.36. The van der Waals surface area contributed by atoms with Crippen LogP contribution >= 0.6 is 0 Å². The van der Waals surface area contributed by atoms with Crippen LogP contribution in [0.1, 0.15) is 39.0 Å². The zero-order valence-corrected chi connectivity index (χ0v) is 17.5. The number of aromatic amines is 1. The number of H-pyrrole nitrogens is 1. The summed E-state index contributed by atoms with van der Waals surface area (Å²) >= 11 is 0. The Bertz CT molecular complexity index is 1050. The van der Waals surface area contributed by atoms with Crippen molar-refractivity contribution in [3.05, 3.63) is 52.6 Å². The Kier molecular flexibility index (Phi) is 6.02. The molecule has 156 valence electrons. The van der Waals surface area contributed by atoms with Crippen molar-refractivity contribution in [2.24, 2.45) is 0 Å². The lowest BCUT2D eigenvalue weighted by molar-refractivity contribution is -0.895. The first-order valence-corrected chi connectivity index (χ1v) is 10.9. The maximum Gasteiger partial charge on any atom is 0.246 e. The molecule has 3 rings (SSSR count). The normalized spacial score (nSPS) is 16.1. The van der Waals surface area contributed by atoms with Gasteiger partial charge in [-0.1, -0.05) is 12.1 Å². The van der Waals surface area contributed by atoms with E-state index in [4.69, 9.17) is 0 Å². The number of ketones is 2. The molecule has 7 nitrogen and oxygen atoms in total. The molecule has 0 atom stereocenters. The van der Waals surface area contributed by atoms with Crippen molar-refractivity contribution in [1.29, 1.82) is 0 Å². The SMILES string of the molecule is CC(=O)c1c(C)[nH]c(C(=O)C[NH+]2CCN(S(=O)(=O)c3ccccc3F)CC2)c1C. The van der Waals surface area contributed by atoms with Crippen LogP contribution in [0.2, 0.25) is 0 Å². The molecule has 0 radical (unpaired) electrons. The van der Waals surface area contributed by atoms with Gasteiger partial charge in [0.2, 0.25) is 15.8 Å².